The lowest BCUT2D eigenvalue weighted by Crippen LogP contribution is -2.38. The number of rotatable bonds is 3. The quantitative estimate of drug-likeness (QED) is 0.757. The lowest BCUT2D eigenvalue weighted by Gasteiger charge is -2.30. The van der Waals surface area contributed by atoms with Crippen LogP contribution >= 0.6 is 11.6 Å². The third kappa shape index (κ3) is 3.01. The van der Waals surface area contributed by atoms with Crippen molar-refractivity contribution in [3.05, 3.63) is 47.4 Å². The van der Waals surface area contributed by atoms with Crippen LogP contribution in [0.3, 0.4) is 0 Å². The number of aromatic amines is 1. The van der Waals surface area contributed by atoms with E-state index in [1.165, 1.54) is 4.31 Å². The molecule has 9 heteroatoms. The summed E-state index contributed by atoms with van der Waals surface area (Å²) in [5.41, 5.74) is 2.29. The number of benzene rings is 1. The summed E-state index contributed by atoms with van der Waals surface area (Å²) in [5, 5.41) is 7.71. The summed E-state index contributed by atoms with van der Waals surface area (Å²) in [6.45, 7) is 0.910. The number of aromatic nitrogens is 4. The zero-order valence-corrected chi connectivity index (χ0v) is 14.8. The Morgan fingerprint density at radius 2 is 1.76 bits per heavy atom. The van der Waals surface area contributed by atoms with Crippen LogP contribution in [0.5, 0.6) is 0 Å². The summed E-state index contributed by atoms with van der Waals surface area (Å²) in [6, 6.07) is 6.27. The minimum absolute atomic E-state index is 0.193. The molecule has 0 spiro atoms. The molecule has 1 aliphatic rings. The molecule has 3 aromatic rings. The second kappa shape index (κ2) is 6.36. The highest BCUT2D eigenvalue weighted by Crippen LogP contribution is 2.32. The molecule has 1 aliphatic heterocycles. The zero-order chi connectivity index (χ0) is 17.4. The standard InChI is InChI=1S/C16H16ClN5O2S/c17-12-1-3-13(4-2-12)25(23,24)22-9-5-11(6-10-22)14-15-16(21-20-14)19-8-7-18-15/h1-4,7-8,11H,5-6,9-10H2,(H,19,20,21). The van der Waals surface area contributed by atoms with Gasteiger partial charge in [-0.2, -0.15) is 9.40 Å². The third-order valence-corrected chi connectivity index (χ3v) is 6.69. The predicted molar refractivity (Wildman–Crippen MR) is 93.9 cm³/mol. The Balaban J connectivity index is 1.52. The lowest BCUT2D eigenvalue weighted by atomic mass is 9.94. The summed E-state index contributed by atoms with van der Waals surface area (Å²) >= 11 is 5.84. The van der Waals surface area contributed by atoms with E-state index in [-0.39, 0.29) is 10.8 Å². The van der Waals surface area contributed by atoms with Gasteiger partial charge in [-0.15, -0.1) is 0 Å². The number of nitrogens with zero attached hydrogens (tertiary/aromatic N) is 4. The molecule has 4 rings (SSSR count). The molecule has 1 N–H and O–H groups in total. The summed E-state index contributed by atoms with van der Waals surface area (Å²) < 4.78 is 27.0. The van der Waals surface area contributed by atoms with Gasteiger partial charge in [0, 0.05) is 36.4 Å². The Hall–Kier alpha value is -2.03. The third-order valence-electron chi connectivity index (χ3n) is 4.53. The predicted octanol–water partition coefficient (Wildman–Crippen LogP) is 2.57. The van der Waals surface area contributed by atoms with Crippen LogP contribution in [0.4, 0.5) is 0 Å². The fourth-order valence-corrected chi connectivity index (χ4v) is 4.79. The normalized spacial score (nSPS) is 17.2. The molecule has 1 aromatic carbocycles. The molecule has 0 aliphatic carbocycles. The fraction of sp³-hybridized carbons (Fsp3) is 0.312. The van der Waals surface area contributed by atoms with E-state index in [1.807, 2.05) is 0 Å². The molecule has 1 saturated heterocycles. The summed E-state index contributed by atoms with van der Waals surface area (Å²) in [7, 11) is -3.49. The van der Waals surface area contributed by atoms with Crippen molar-refractivity contribution in [2.75, 3.05) is 13.1 Å². The average Bonchev–Trinajstić information content (AvgIpc) is 3.06. The first kappa shape index (κ1) is 16.4. The number of hydrogen-bond donors (Lipinski definition) is 1. The molecular weight excluding hydrogens is 362 g/mol. The molecule has 0 amide bonds. The number of sulfonamides is 1. The van der Waals surface area contributed by atoms with Crippen LogP contribution in [0, 0.1) is 0 Å². The lowest BCUT2D eigenvalue weighted by molar-refractivity contribution is 0.317. The van der Waals surface area contributed by atoms with Gasteiger partial charge in [-0.1, -0.05) is 11.6 Å². The Labute approximate surface area is 150 Å². The Morgan fingerprint density at radius 3 is 2.48 bits per heavy atom. The van der Waals surface area contributed by atoms with Gasteiger partial charge in [0.1, 0.15) is 5.52 Å². The zero-order valence-electron chi connectivity index (χ0n) is 13.3. The Bertz CT molecular complexity index is 995. The van der Waals surface area contributed by atoms with Crippen molar-refractivity contribution in [2.45, 2.75) is 23.7 Å². The van der Waals surface area contributed by atoms with Crippen molar-refractivity contribution in [3.63, 3.8) is 0 Å². The van der Waals surface area contributed by atoms with Gasteiger partial charge in [0.05, 0.1) is 10.6 Å². The van der Waals surface area contributed by atoms with Crippen LogP contribution in [0.15, 0.2) is 41.6 Å². The van der Waals surface area contributed by atoms with E-state index in [1.54, 1.807) is 36.7 Å². The molecule has 0 radical (unpaired) electrons. The SMILES string of the molecule is O=S(=O)(c1ccc(Cl)cc1)N1CCC(c2[nH]nc3nccnc23)CC1. The van der Waals surface area contributed by atoms with Crippen molar-refractivity contribution in [1.82, 2.24) is 24.5 Å². The van der Waals surface area contributed by atoms with Crippen molar-refractivity contribution in [1.29, 1.82) is 0 Å². The number of H-pyrrole nitrogens is 1. The summed E-state index contributed by atoms with van der Waals surface area (Å²) in [6.07, 6.45) is 4.66. The topological polar surface area (TPSA) is 91.8 Å². The minimum atomic E-state index is -3.49. The molecule has 3 heterocycles. The smallest absolute Gasteiger partial charge is 0.243 e. The molecule has 7 nitrogen and oxygen atoms in total. The molecule has 25 heavy (non-hydrogen) atoms. The highest BCUT2D eigenvalue weighted by Gasteiger charge is 2.31. The van der Waals surface area contributed by atoms with Crippen molar-refractivity contribution in [2.24, 2.45) is 0 Å². The number of fused-ring (bicyclic) bond motifs is 1. The number of hydrogen-bond acceptors (Lipinski definition) is 5. The van der Waals surface area contributed by atoms with Crippen LogP contribution in [0.1, 0.15) is 24.5 Å². The van der Waals surface area contributed by atoms with E-state index in [2.05, 4.69) is 20.2 Å². The maximum absolute atomic E-state index is 12.7. The van der Waals surface area contributed by atoms with Gasteiger partial charge in [0.25, 0.3) is 0 Å². The molecule has 0 unspecified atom stereocenters. The molecular formula is C16H16ClN5O2S. The minimum Gasteiger partial charge on any atom is -0.278 e. The van der Waals surface area contributed by atoms with E-state index in [0.29, 0.717) is 36.6 Å². The molecule has 0 atom stereocenters. The molecule has 0 bridgehead atoms. The van der Waals surface area contributed by atoms with E-state index in [9.17, 15) is 8.42 Å². The van der Waals surface area contributed by atoms with Gasteiger partial charge in [0.15, 0.2) is 5.65 Å². The highest BCUT2D eigenvalue weighted by molar-refractivity contribution is 7.89. The molecule has 130 valence electrons. The van der Waals surface area contributed by atoms with Crippen molar-refractivity contribution >= 4 is 32.8 Å². The first-order valence-corrected chi connectivity index (χ1v) is 9.78. The number of halogens is 1. The number of piperidine rings is 1. The number of nitrogens with one attached hydrogen (secondary N) is 1. The molecule has 1 fully saturated rings. The van der Waals surface area contributed by atoms with Gasteiger partial charge in [-0.3, -0.25) is 5.10 Å². The van der Waals surface area contributed by atoms with Gasteiger partial charge in [-0.25, -0.2) is 18.4 Å². The van der Waals surface area contributed by atoms with E-state index < -0.39 is 10.0 Å². The van der Waals surface area contributed by atoms with Crippen LogP contribution in [0.2, 0.25) is 5.02 Å². The Kier molecular flexibility index (Phi) is 4.18. The van der Waals surface area contributed by atoms with Crippen LogP contribution in [0.25, 0.3) is 11.2 Å². The average molecular weight is 378 g/mol. The van der Waals surface area contributed by atoms with Crippen LogP contribution in [-0.4, -0.2) is 46.0 Å². The summed E-state index contributed by atoms with van der Waals surface area (Å²) in [5.74, 6) is 0.193. The van der Waals surface area contributed by atoms with Gasteiger partial charge in [0.2, 0.25) is 10.0 Å². The van der Waals surface area contributed by atoms with E-state index in [4.69, 9.17) is 11.6 Å². The second-order valence-corrected chi connectivity index (χ2v) is 8.37. The highest BCUT2D eigenvalue weighted by atomic mass is 35.5. The largest absolute Gasteiger partial charge is 0.278 e. The van der Waals surface area contributed by atoms with Gasteiger partial charge in [-0.05, 0) is 37.1 Å². The second-order valence-electron chi connectivity index (χ2n) is 6.00. The van der Waals surface area contributed by atoms with Crippen molar-refractivity contribution in [3.8, 4) is 0 Å². The summed E-state index contributed by atoms with van der Waals surface area (Å²) in [4.78, 5) is 8.79. The van der Waals surface area contributed by atoms with Crippen molar-refractivity contribution < 1.29 is 8.42 Å². The molecule has 2 aromatic heterocycles. The Morgan fingerprint density at radius 1 is 1.08 bits per heavy atom. The molecule has 0 saturated carbocycles. The first-order valence-electron chi connectivity index (χ1n) is 7.96. The van der Waals surface area contributed by atoms with Crippen LogP contribution < -0.4 is 0 Å². The van der Waals surface area contributed by atoms with Gasteiger partial charge >= 0.3 is 0 Å². The monoisotopic (exact) mass is 377 g/mol. The maximum atomic E-state index is 12.7. The first-order chi connectivity index (χ1) is 12.1. The van der Waals surface area contributed by atoms with Gasteiger partial charge < -0.3 is 0 Å². The van der Waals surface area contributed by atoms with Crippen LogP contribution in [-0.2, 0) is 10.0 Å². The maximum Gasteiger partial charge on any atom is 0.243 e. The van der Waals surface area contributed by atoms with E-state index in [0.717, 1.165) is 11.2 Å². The fourth-order valence-electron chi connectivity index (χ4n) is 3.19. The van der Waals surface area contributed by atoms with E-state index >= 15 is 0 Å².